The first-order valence-corrected chi connectivity index (χ1v) is 5.98. The maximum Gasteiger partial charge on any atom is 0.119 e. The Morgan fingerprint density at radius 2 is 2.12 bits per heavy atom. The van der Waals surface area contributed by atoms with E-state index < -0.39 is 0 Å². The van der Waals surface area contributed by atoms with Gasteiger partial charge in [0.15, 0.2) is 0 Å². The first kappa shape index (κ1) is 11.5. The van der Waals surface area contributed by atoms with Crippen LogP contribution in [0.1, 0.15) is 37.3 Å². The summed E-state index contributed by atoms with van der Waals surface area (Å²) in [6.07, 6.45) is 1.89. The smallest absolute Gasteiger partial charge is 0.119 e. The molecule has 0 heterocycles. The van der Waals surface area contributed by atoms with Crippen molar-refractivity contribution in [1.82, 2.24) is 0 Å². The summed E-state index contributed by atoms with van der Waals surface area (Å²) in [5, 5.41) is 10.2. The maximum atomic E-state index is 10.2. The Balaban J connectivity index is 2.30. The van der Waals surface area contributed by atoms with Gasteiger partial charge in [0.1, 0.15) is 5.75 Å². The molecule has 2 heteroatoms. The van der Waals surface area contributed by atoms with E-state index in [2.05, 4.69) is 26.0 Å². The van der Waals surface area contributed by atoms with Gasteiger partial charge in [0.05, 0.1) is 13.2 Å². The Bertz CT molecular complexity index is 371. The minimum absolute atomic E-state index is 0.242. The number of hydrogen-bond acceptors (Lipinski definition) is 2. The summed E-state index contributed by atoms with van der Waals surface area (Å²) in [4.78, 5) is 0. The second-order valence-corrected chi connectivity index (χ2v) is 4.94. The van der Waals surface area contributed by atoms with Crippen molar-refractivity contribution >= 4 is 0 Å². The second-order valence-electron chi connectivity index (χ2n) is 4.94. The molecule has 88 valence electrons. The van der Waals surface area contributed by atoms with Gasteiger partial charge in [0.25, 0.3) is 0 Å². The third kappa shape index (κ3) is 1.94. The molecule has 0 radical (unpaired) electrons. The minimum Gasteiger partial charge on any atom is -0.497 e. The molecule has 2 atom stereocenters. The molecule has 0 saturated heterocycles. The molecule has 0 saturated carbocycles. The highest BCUT2D eigenvalue weighted by atomic mass is 16.5. The van der Waals surface area contributed by atoms with E-state index in [-0.39, 0.29) is 12.0 Å². The van der Waals surface area contributed by atoms with Crippen LogP contribution in [0.3, 0.4) is 0 Å². The Hall–Kier alpha value is -1.02. The average Bonchev–Trinajstić information content (AvgIpc) is 2.70. The number of hydrogen-bond donors (Lipinski definition) is 1. The van der Waals surface area contributed by atoms with Gasteiger partial charge in [-0.15, -0.1) is 0 Å². The minimum atomic E-state index is -0.242. The van der Waals surface area contributed by atoms with E-state index in [0.717, 1.165) is 18.6 Å². The van der Waals surface area contributed by atoms with Crippen LogP contribution in [0.5, 0.6) is 5.75 Å². The largest absolute Gasteiger partial charge is 0.497 e. The lowest BCUT2D eigenvalue weighted by atomic mass is 9.88. The van der Waals surface area contributed by atoms with Gasteiger partial charge in [-0.1, -0.05) is 19.9 Å². The van der Waals surface area contributed by atoms with Crippen molar-refractivity contribution in [2.75, 3.05) is 7.11 Å². The molecule has 1 aliphatic carbocycles. The van der Waals surface area contributed by atoms with Crippen LogP contribution in [-0.4, -0.2) is 18.3 Å². The molecule has 0 amide bonds. The second kappa shape index (κ2) is 4.46. The van der Waals surface area contributed by atoms with Crippen LogP contribution in [0, 0.1) is 5.92 Å². The van der Waals surface area contributed by atoms with Gasteiger partial charge < -0.3 is 9.84 Å². The van der Waals surface area contributed by atoms with Crippen LogP contribution in [0.25, 0.3) is 0 Å². The summed E-state index contributed by atoms with van der Waals surface area (Å²) in [7, 11) is 1.69. The van der Waals surface area contributed by atoms with Crippen molar-refractivity contribution < 1.29 is 9.84 Å². The Morgan fingerprint density at radius 1 is 1.38 bits per heavy atom. The number of aliphatic hydroxyl groups excluding tert-OH is 1. The van der Waals surface area contributed by atoms with Crippen molar-refractivity contribution in [3.63, 3.8) is 0 Å². The fraction of sp³-hybridized carbons (Fsp3) is 0.571. The van der Waals surface area contributed by atoms with Gasteiger partial charge in [-0.3, -0.25) is 0 Å². The zero-order valence-corrected chi connectivity index (χ0v) is 10.2. The first-order valence-electron chi connectivity index (χ1n) is 5.98. The molecule has 0 aliphatic heterocycles. The molecule has 0 aromatic heterocycles. The van der Waals surface area contributed by atoms with E-state index in [4.69, 9.17) is 4.74 Å². The Labute approximate surface area is 97.3 Å². The number of aliphatic hydroxyl groups is 1. The van der Waals surface area contributed by atoms with Gasteiger partial charge in [0, 0.05) is 5.92 Å². The molecular weight excluding hydrogens is 200 g/mol. The molecule has 16 heavy (non-hydrogen) atoms. The van der Waals surface area contributed by atoms with Crippen LogP contribution in [-0.2, 0) is 6.42 Å². The number of rotatable bonds is 3. The summed E-state index contributed by atoms with van der Waals surface area (Å²) in [6.45, 7) is 4.14. The summed E-state index contributed by atoms with van der Waals surface area (Å²) in [5.41, 5.74) is 2.64. The molecule has 2 nitrogen and oxygen atoms in total. The van der Waals surface area contributed by atoms with Gasteiger partial charge >= 0.3 is 0 Å². The van der Waals surface area contributed by atoms with E-state index in [0.29, 0.717) is 5.92 Å². The van der Waals surface area contributed by atoms with Gasteiger partial charge in [-0.25, -0.2) is 0 Å². The third-order valence-corrected chi connectivity index (χ3v) is 3.57. The Kier molecular flexibility index (Phi) is 3.20. The molecule has 1 aromatic rings. The average molecular weight is 220 g/mol. The molecular formula is C14H20O2. The standard InChI is InChI=1S/C14H20O2/c1-9(2)14(15)12-7-5-10-4-6-11(16-3)8-13(10)12/h4,6,8-9,12,14-15H,5,7H2,1-3H3. The summed E-state index contributed by atoms with van der Waals surface area (Å²) in [5.74, 6) is 1.48. The van der Waals surface area contributed by atoms with Crippen molar-refractivity contribution in [2.45, 2.75) is 38.7 Å². The fourth-order valence-corrected chi connectivity index (χ4v) is 2.56. The van der Waals surface area contributed by atoms with E-state index in [1.165, 1.54) is 11.1 Å². The number of methoxy groups -OCH3 is 1. The van der Waals surface area contributed by atoms with Crippen LogP contribution in [0.2, 0.25) is 0 Å². The predicted molar refractivity (Wildman–Crippen MR) is 64.9 cm³/mol. The Morgan fingerprint density at radius 3 is 2.75 bits per heavy atom. The topological polar surface area (TPSA) is 29.5 Å². The van der Waals surface area contributed by atoms with E-state index >= 15 is 0 Å². The summed E-state index contributed by atoms with van der Waals surface area (Å²) >= 11 is 0. The lowest BCUT2D eigenvalue weighted by Gasteiger charge is -2.22. The summed E-state index contributed by atoms with van der Waals surface area (Å²) in [6, 6.07) is 6.21. The molecule has 0 spiro atoms. The molecule has 1 aromatic carbocycles. The normalized spacial score (nSPS) is 20.9. The van der Waals surface area contributed by atoms with E-state index in [1.807, 2.05) is 6.07 Å². The van der Waals surface area contributed by atoms with Crippen LogP contribution < -0.4 is 4.74 Å². The highest BCUT2D eigenvalue weighted by Gasteiger charge is 2.30. The molecule has 2 rings (SSSR count). The molecule has 2 unspecified atom stereocenters. The van der Waals surface area contributed by atoms with Gasteiger partial charge in [0.2, 0.25) is 0 Å². The number of fused-ring (bicyclic) bond motifs is 1. The lowest BCUT2D eigenvalue weighted by Crippen LogP contribution is -2.22. The fourth-order valence-electron chi connectivity index (χ4n) is 2.56. The monoisotopic (exact) mass is 220 g/mol. The summed E-state index contributed by atoms with van der Waals surface area (Å²) < 4.78 is 5.25. The molecule has 1 aliphatic rings. The number of ether oxygens (including phenoxy) is 1. The molecule has 0 fully saturated rings. The van der Waals surface area contributed by atoms with E-state index in [1.54, 1.807) is 7.11 Å². The SMILES string of the molecule is COc1ccc2c(c1)C(C(O)C(C)C)CC2. The predicted octanol–water partition coefficient (Wildman–Crippen LogP) is 2.74. The number of aryl methyl sites for hydroxylation is 1. The van der Waals surface area contributed by atoms with Crippen molar-refractivity contribution in [3.8, 4) is 5.75 Å². The van der Waals surface area contributed by atoms with Crippen LogP contribution in [0.15, 0.2) is 18.2 Å². The van der Waals surface area contributed by atoms with Crippen molar-refractivity contribution in [3.05, 3.63) is 29.3 Å². The zero-order chi connectivity index (χ0) is 11.7. The van der Waals surface area contributed by atoms with Crippen LogP contribution in [0.4, 0.5) is 0 Å². The quantitative estimate of drug-likeness (QED) is 0.848. The highest BCUT2D eigenvalue weighted by molar-refractivity contribution is 5.41. The van der Waals surface area contributed by atoms with Crippen molar-refractivity contribution in [2.24, 2.45) is 5.92 Å². The number of benzene rings is 1. The maximum absolute atomic E-state index is 10.2. The first-order chi connectivity index (χ1) is 7.63. The molecule has 0 bridgehead atoms. The highest BCUT2D eigenvalue weighted by Crippen LogP contribution is 2.39. The van der Waals surface area contributed by atoms with Gasteiger partial charge in [-0.05, 0) is 42.0 Å². The molecule has 1 N–H and O–H groups in total. The van der Waals surface area contributed by atoms with Crippen LogP contribution >= 0.6 is 0 Å². The van der Waals surface area contributed by atoms with Crippen molar-refractivity contribution in [1.29, 1.82) is 0 Å². The third-order valence-electron chi connectivity index (χ3n) is 3.57. The lowest BCUT2D eigenvalue weighted by molar-refractivity contribution is 0.0962. The zero-order valence-electron chi connectivity index (χ0n) is 10.2. The van der Waals surface area contributed by atoms with E-state index in [9.17, 15) is 5.11 Å². The van der Waals surface area contributed by atoms with Gasteiger partial charge in [-0.2, -0.15) is 0 Å².